The summed E-state index contributed by atoms with van der Waals surface area (Å²) in [6.45, 7) is 14.6. The van der Waals surface area contributed by atoms with E-state index in [1.165, 1.54) is 73.3 Å². The predicted octanol–water partition coefficient (Wildman–Crippen LogP) is 4.40. The Morgan fingerprint density at radius 3 is 1.71 bits per heavy atom. The number of hydrogen-bond donors (Lipinski definition) is 4. The van der Waals surface area contributed by atoms with Crippen LogP contribution in [0.15, 0.2) is 48.5 Å². The van der Waals surface area contributed by atoms with Gasteiger partial charge in [-0.25, -0.2) is 0 Å². The summed E-state index contributed by atoms with van der Waals surface area (Å²) in [6, 6.07) is -0.430. The van der Waals surface area contributed by atoms with Gasteiger partial charge in [0, 0.05) is 80.5 Å². The van der Waals surface area contributed by atoms with Gasteiger partial charge in [0.25, 0.3) is 0 Å². The molecule has 12 amide bonds. The van der Waals surface area contributed by atoms with Crippen LogP contribution in [-0.4, -0.2) is 254 Å². The maximum atomic E-state index is 15.3. The Morgan fingerprint density at radius 2 is 1.14 bits per heavy atom. The quantitative estimate of drug-likeness (QED) is 0.160. The Balaban J connectivity index is 1.91. The molecule has 2 saturated heterocycles. The first-order valence-electron chi connectivity index (χ1n) is 34.0. The monoisotopic (exact) mass is 1410 g/mol. The molecular weight excluding hydrogens is 1310 g/mol. The summed E-state index contributed by atoms with van der Waals surface area (Å²) in [4.78, 5) is 184. The van der Waals surface area contributed by atoms with Crippen LogP contribution >= 0.6 is 11.6 Å². The Bertz CT molecular complexity index is 3120. The highest BCUT2D eigenvalue weighted by Crippen LogP contribution is 2.30. The van der Waals surface area contributed by atoms with Gasteiger partial charge in [0.2, 0.25) is 70.9 Å². The molecule has 0 aromatic heterocycles. The van der Waals surface area contributed by atoms with E-state index in [2.05, 4.69) is 21.3 Å². The van der Waals surface area contributed by atoms with Crippen LogP contribution in [0.3, 0.4) is 0 Å². The van der Waals surface area contributed by atoms with Gasteiger partial charge >= 0.3 is 6.18 Å². The molecule has 99 heavy (non-hydrogen) atoms. The normalized spacial score (nSPS) is 23.7. The number of carbonyl (C=O) groups excluding carboxylic acids is 12. The Kier molecular flexibility index (Phi) is 32.6. The largest absolute Gasteiger partial charge is 0.416 e. The lowest BCUT2D eigenvalue weighted by Gasteiger charge is -2.37. The number of rotatable bonds is 17. The maximum absolute atomic E-state index is 15.3. The number of alkyl halides is 3. The zero-order chi connectivity index (χ0) is 74.5. The summed E-state index contributed by atoms with van der Waals surface area (Å²) < 4.78 is 47.2. The van der Waals surface area contributed by atoms with Gasteiger partial charge in [-0.1, -0.05) is 97.7 Å². The number of hydrogen-bond acceptors (Lipinski definition) is 13. The van der Waals surface area contributed by atoms with Gasteiger partial charge < -0.3 is 65.2 Å². The Hall–Kier alpha value is -7.88. The van der Waals surface area contributed by atoms with Crippen molar-refractivity contribution in [1.82, 2.24) is 60.5 Å². The lowest BCUT2D eigenvalue weighted by molar-refractivity contribution is -0.152. The van der Waals surface area contributed by atoms with Crippen LogP contribution in [-0.2, 0) is 81.3 Å². The third-order valence-electron chi connectivity index (χ3n) is 18.3. The fourth-order valence-electron chi connectivity index (χ4n) is 11.5. The van der Waals surface area contributed by atoms with E-state index in [4.69, 9.17) is 16.3 Å². The minimum absolute atomic E-state index is 0.0226. The van der Waals surface area contributed by atoms with E-state index in [0.717, 1.165) is 46.4 Å². The standard InChI is InChI=1S/C70H106ClF3N12O13/c1-17-45(8)61-69(98)81(12)39-59(89)79(10)40-60(90)83(14)55(36-48-22-27-50(71)28-23-48)67(96)80(11)38-57(87)75-51(29-24-47-20-25-49(26-21-47)70(72,73)74)63(92)76-52(34-43(4)5)65(94)85(16)56(41-99-33-30-42(2)3)68(97)84(15)54(35-44(6)7)64(93)77-53(66(95)86-31-18-19-32-86)37-58(88)82(13)46(9)62(91)78-61/h20-23,25-28,42-46,51-56,61H,17-19,24,29-41H2,1-16H3,(H,75,87)(H,76,92)(H,77,93)(H,78,91)/t45-,46-,51-,52-,53-,54-,55-,56-,61-/m0/s1. The van der Waals surface area contributed by atoms with E-state index in [1.54, 1.807) is 52.0 Å². The first-order chi connectivity index (χ1) is 46.3. The first kappa shape index (κ1) is 83.5. The summed E-state index contributed by atoms with van der Waals surface area (Å²) in [5.41, 5.74) is -0.0256. The molecule has 4 N–H and O–H groups in total. The highest BCUT2D eigenvalue weighted by molar-refractivity contribution is 6.30. The van der Waals surface area contributed by atoms with E-state index in [1.807, 2.05) is 27.7 Å². The van der Waals surface area contributed by atoms with E-state index in [-0.39, 0.29) is 63.1 Å². The van der Waals surface area contributed by atoms with Gasteiger partial charge in [-0.2, -0.15) is 13.2 Å². The number of nitrogens with zero attached hydrogens (tertiary/aromatic N) is 8. The second-order valence-corrected chi connectivity index (χ2v) is 28.1. The van der Waals surface area contributed by atoms with Gasteiger partial charge in [0.05, 0.1) is 38.2 Å². The van der Waals surface area contributed by atoms with Crippen LogP contribution < -0.4 is 21.3 Å². The maximum Gasteiger partial charge on any atom is 0.416 e. The smallest absolute Gasteiger partial charge is 0.379 e. The lowest BCUT2D eigenvalue weighted by Crippen LogP contribution is -2.61. The first-order valence-corrected chi connectivity index (χ1v) is 34.4. The molecule has 2 aromatic carbocycles. The molecule has 552 valence electrons. The molecule has 2 aliphatic rings. The van der Waals surface area contributed by atoms with Crippen LogP contribution in [0.25, 0.3) is 0 Å². The van der Waals surface area contributed by atoms with Crippen molar-refractivity contribution in [2.45, 2.75) is 181 Å². The molecule has 0 aliphatic carbocycles. The number of likely N-dealkylation sites (tertiary alicyclic amines) is 1. The van der Waals surface area contributed by atoms with Crippen molar-refractivity contribution < 1.29 is 75.4 Å². The van der Waals surface area contributed by atoms with E-state index in [0.29, 0.717) is 54.9 Å². The fraction of sp³-hybridized carbons (Fsp3) is 0.657. The molecule has 2 heterocycles. The average molecular weight is 1420 g/mol. The zero-order valence-corrected chi connectivity index (χ0v) is 61.2. The van der Waals surface area contributed by atoms with Crippen LogP contribution in [0.2, 0.25) is 5.02 Å². The molecule has 2 fully saturated rings. The number of ether oxygens (including phenoxy) is 1. The number of nitrogens with one attached hydrogen (secondary N) is 4. The average Bonchev–Trinajstić information content (AvgIpc) is 1.53. The summed E-state index contributed by atoms with van der Waals surface area (Å²) in [5.74, 6) is -10.0. The predicted molar refractivity (Wildman–Crippen MR) is 367 cm³/mol. The molecule has 2 aliphatic heterocycles. The lowest BCUT2D eigenvalue weighted by atomic mass is 9.97. The van der Waals surface area contributed by atoms with E-state index < -0.39 is 163 Å². The third-order valence-corrected chi connectivity index (χ3v) is 18.6. The third kappa shape index (κ3) is 25.1. The van der Waals surface area contributed by atoms with Crippen molar-refractivity contribution in [1.29, 1.82) is 0 Å². The molecular formula is C70H106ClF3N12O13. The summed E-state index contributed by atoms with van der Waals surface area (Å²) in [5, 5.41) is 11.3. The van der Waals surface area contributed by atoms with Crippen molar-refractivity contribution in [2.75, 3.05) is 95.3 Å². The van der Waals surface area contributed by atoms with Crippen LogP contribution in [0.4, 0.5) is 13.2 Å². The van der Waals surface area contributed by atoms with Crippen molar-refractivity contribution in [3.8, 4) is 0 Å². The second kappa shape index (κ2) is 38.6. The SMILES string of the molecule is CC[C@H](C)[C@@H]1NC(=O)[C@H](C)N(C)C(=O)C[C@@H](C(=O)N2CCCC2)NC(=O)[C@H](CC(C)C)N(C)C(=O)[C@H](COCCC(C)C)N(C)C(=O)[C@H](CC(C)C)NC(=O)[C@H](CCc2ccc(C(F)(F)F)cc2)NC(=O)CN(C)C(=O)[C@H](Cc2ccc(Cl)cc2)N(C)C(=O)CN(C)C(=O)CN(C)C1=O. The summed E-state index contributed by atoms with van der Waals surface area (Å²) in [6.07, 6.45) is -3.49. The molecule has 4 rings (SSSR count). The fourth-order valence-corrected chi connectivity index (χ4v) is 11.6. The molecule has 0 bridgehead atoms. The number of carbonyl (C=O) groups is 12. The number of halogens is 4. The summed E-state index contributed by atoms with van der Waals surface area (Å²) >= 11 is 6.22. The van der Waals surface area contributed by atoms with Crippen molar-refractivity contribution >= 4 is 82.5 Å². The van der Waals surface area contributed by atoms with Gasteiger partial charge in [-0.15, -0.1) is 0 Å². The van der Waals surface area contributed by atoms with E-state index >= 15 is 9.59 Å². The minimum atomic E-state index is -4.65. The molecule has 9 atom stereocenters. The molecule has 2 aromatic rings. The van der Waals surface area contributed by atoms with Crippen LogP contribution in [0.1, 0.15) is 130 Å². The summed E-state index contributed by atoms with van der Waals surface area (Å²) in [7, 11) is 9.33. The molecule has 0 spiro atoms. The number of aryl methyl sites for hydroxylation is 1. The van der Waals surface area contributed by atoms with Crippen molar-refractivity contribution in [3.05, 3.63) is 70.2 Å². The topological polar surface area (TPSA) is 288 Å². The van der Waals surface area contributed by atoms with Gasteiger partial charge in [-0.3, -0.25) is 57.5 Å². The van der Waals surface area contributed by atoms with Gasteiger partial charge in [-0.05, 0) is 111 Å². The van der Waals surface area contributed by atoms with Gasteiger partial charge in [0.1, 0.15) is 48.3 Å². The van der Waals surface area contributed by atoms with Gasteiger partial charge in [0.15, 0.2) is 0 Å². The second-order valence-electron chi connectivity index (χ2n) is 27.7. The molecule has 0 unspecified atom stereocenters. The highest BCUT2D eigenvalue weighted by Gasteiger charge is 2.42. The van der Waals surface area contributed by atoms with Crippen molar-refractivity contribution in [2.24, 2.45) is 23.7 Å². The number of benzene rings is 2. The van der Waals surface area contributed by atoms with Crippen molar-refractivity contribution in [3.63, 3.8) is 0 Å². The number of likely N-dealkylation sites (N-methyl/N-ethyl adjacent to an activating group) is 7. The molecule has 29 heteroatoms. The molecule has 0 radical (unpaired) electrons. The van der Waals surface area contributed by atoms with Crippen LogP contribution in [0.5, 0.6) is 0 Å². The van der Waals surface area contributed by atoms with Crippen LogP contribution in [0, 0.1) is 23.7 Å². The minimum Gasteiger partial charge on any atom is -0.379 e. The zero-order valence-electron chi connectivity index (χ0n) is 60.5. The highest BCUT2D eigenvalue weighted by atomic mass is 35.5. The Morgan fingerprint density at radius 1 is 0.576 bits per heavy atom. The number of amides is 12. The molecule has 0 saturated carbocycles. The Labute approximate surface area is 586 Å². The van der Waals surface area contributed by atoms with E-state index in [9.17, 15) is 61.1 Å². The molecule has 25 nitrogen and oxygen atoms in total.